The van der Waals surface area contributed by atoms with E-state index in [9.17, 15) is 0 Å². The largest absolute Gasteiger partial charge is 0.357 e. The fourth-order valence-corrected chi connectivity index (χ4v) is 2.65. The molecule has 0 fully saturated rings. The van der Waals surface area contributed by atoms with Crippen LogP contribution in [0.2, 0.25) is 10.0 Å². The van der Waals surface area contributed by atoms with Gasteiger partial charge in [0.1, 0.15) is 5.82 Å². The second-order valence-corrected chi connectivity index (χ2v) is 5.88. The first-order valence-electron chi connectivity index (χ1n) is 6.99. The summed E-state index contributed by atoms with van der Waals surface area (Å²) in [4.78, 5) is 11.2. The number of rotatable bonds is 2. The fraction of sp³-hybridized carbons (Fsp3) is 0.176. The smallest absolute Gasteiger partial charge is 0.137 e. The molecule has 0 radical (unpaired) electrons. The molecule has 0 saturated heterocycles. The SMILES string of the molecule is CN1CCN=C(C=Cc2ccc(Cl)c(Cl)c2)c2cccnc21. The highest BCUT2D eigenvalue weighted by molar-refractivity contribution is 6.42. The van der Waals surface area contributed by atoms with Crippen molar-refractivity contribution in [3.8, 4) is 0 Å². The van der Waals surface area contributed by atoms with Gasteiger partial charge in [0.05, 0.1) is 22.3 Å². The quantitative estimate of drug-likeness (QED) is 0.818. The maximum absolute atomic E-state index is 6.05. The van der Waals surface area contributed by atoms with E-state index < -0.39 is 0 Å². The van der Waals surface area contributed by atoms with E-state index in [-0.39, 0.29) is 0 Å². The summed E-state index contributed by atoms with van der Waals surface area (Å²) in [5, 5.41) is 1.11. The Labute approximate surface area is 139 Å². The molecule has 3 rings (SSSR count). The lowest BCUT2D eigenvalue weighted by Gasteiger charge is -2.16. The van der Waals surface area contributed by atoms with Gasteiger partial charge < -0.3 is 4.90 Å². The molecule has 0 aliphatic carbocycles. The third kappa shape index (κ3) is 3.16. The summed E-state index contributed by atoms with van der Waals surface area (Å²) >= 11 is 12.0. The minimum atomic E-state index is 0.549. The van der Waals surface area contributed by atoms with Crippen molar-refractivity contribution in [2.24, 2.45) is 4.99 Å². The van der Waals surface area contributed by atoms with Gasteiger partial charge in [-0.2, -0.15) is 0 Å². The van der Waals surface area contributed by atoms with Crippen molar-refractivity contribution in [3.05, 3.63) is 63.8 Å². The lowest BCUT2D eigenvalue weighted by molar-refractivity contribution is 0.880. The van der Waals surface area contributed by atoms with Crippen molar-refractivity contribution in [3.63, 3.8) is 0 Å². The van der Waals surface area contributed by atoms with Crippen LogP contribution in [0.3, 0.4) is 0 Å². The summed E-state index contributed by atoms with van der Waals surface area (Å²) in [5.74, 6) is 0.956. The highest BCUT2D eigenvalue weighted by Gasteiger charge is 2.15. The molecule has 0 spiro atoms. The maximum atomic E-state index is 6.05. The standard InChI is InChI=1S/C17H15Cl2N3/c1-22-10-9-20-16(13-3-2-8-21-17(13)22)7-5-12-4-6-14(18)15(19)11-12/h2-8,11H,9-10H2,1H3. The molecule has 0 N–H and O–H groups in total. The van der Waals surface area contributed by atoms with E-state index in [4.69, 9.17) is 23.2 Å². The summed E-state index contributed by atoms with van der Waals surface area (Å²) in [6, 6.07) is 9.54. The van der Waals surface area contributed by atoms with Gasteiger partial charge in [0.15, 0.2) is 0 Å². The van der Waals surface area contributed by atoms with Gasteiger partial charge in [-0.25, -0.2) is 4.98 Å². The number of fused-ring (bicyclic) bond motifs is 1. The van der Waals surface area contributed by atoms with E-state index in [0.717, 1.165) is 35.7 Å². The van der Waals surface area contributed by atoms with Gasteiger partial charge in [0.2, 0.25) is 0 Å². The predicted molar refractivity (Wildman–Crippen MR) is 94.4 cm³/mol. The Bertz CT molecular complexity index is 753. The molecule has 0 atom stereocenters. The van der Waals surface area contributed by atoms with Crippen LogP contribution >= 0.6 is 23.2 Å². The topological polar surface area (TPSA) is 28.5 Å². The van der Waals surface area contributed by atoms with Crippen LogP contribution in [0.4, 0.5) is 5.82 Å². The molecule has 1 aromatic heterocycles. The minimum absolute atomic E-state index is 0.549. The molecule has 22 heavy (non-hydrogen) atoms. The number of aromatic nitrogens is 1. The van der Waals surface area contributed by atoms with Crippen LogP contribution in [0.15, 0.2) is 47.6 Å². The Morgan fingerprint density at radius 1 is 1.14 bits per heavy atom. The number of likely N-dealkylation sites (N-methyl/N-ethyl adjacent to an activating group) is 1. The number of anilines is 1. The molecule has 0 unspecified atom stereocenters. The summed E-state index contributed by atoms with van der Waals surface area (Å²) < 4.78 is 0. The molecule has 2 heterocycles. The van der Waals surface area contributed by atoms with Crippen molar-refractivity contribution in [1.29, 1.82) is 0 Å². The molecule has 0 saturated carbocycles. The van der Waals surface area contributed by atoms with E-state index in [0.29, 0.717) is 10.0 Å². The number of allylic oxidation sites excluding steroid dienone is 1. The zero-order valence-electron chi connectivity index (χ0n) is 12.1. The Kier molecular flexibility index (Phi) is 4.46. The number of hydrogen-bond acceptors (Lipinski definition) is 3. The lowest BCUT2D eigenvalue weighted by Crippen LogP contribution is -2.21. The van der Waals surface area contributed by atoms with Gasteiger partial charge in [0, 0.05) is 25.4 Å². The van der Waals surface area contributed by atoms with E-state index in [1.54, 1.807) is 12.3 Å². The van der Waals surface area contributed by atoms with Gasteiger partial charge in [-0.1, -0.05) is 35.3 Å². The van der Waals surface area contributed by atoms with Crippen LogP contribution in [0.25, 0.3) is 6.08 Å². The predicted octanol–water partition coefficient (Wildman–Crippen LogP) is 4.34. The van der Waals surface area contributed by atoms with Crippen LogP contribution in [0.1, 0.15) is 11.1 Å². The van der Waals surface area contributed by atoms with E-state index >= 15 is 0 Å². The van der Waals surface area contributed by atoms with Crippen molar-refractivity contribution in [1.82, 2.24) is 4.98 Å². The van der Waals surface area contributed by atoms with Crippen molar-refractivity contribution in [2.45, 2.75) is 0 Å². The van der Waals surface area contributed by atoms with Gasteiger partial charge in [0.25, 0.3) is 0 Å². The van der Waals surface area contributed by atoms with E-state index in [1.807, 2.05) is 43.5 Å². The summed E-state index contributed by atoms with van der Waals surface area (Å²) in [5.41, 5.74) is 2.96. The summed E-state index contributed by atoms with van der Waals surface area (Å²) in [7, 11) is 2.03. The van der Waals surface area contributed by atoms with E-state index in [1.165, 1.54) is 0 Å². The lowest BCUT2D eigenvalue weighted by atomic mass is 10.1. The molecular weight excluding hydrogens is 317 g/mol. The van der Waals surface area contributed by atoms with E-state index in [2.05, 4.69) is 14.9 Å². The van der Waals surface area contributed by atoms with Crippen molar-refractivity contribution in [2.75, 3.05) is 25.0 Å². The monoisotopic (exact) mass is 331 g/mol. The van der Waals surface area contributed by atoms with Gasteiger partial charge >= 0.3 is 0 Å². The Morgan fingerprint density at radius 2 is 2.00 bits per heavy atom. The number of pyridine rings is 1. The van der Waals surface area contributed by atoms with Gasteiger partial charge in [-0.15, -0.1) is 0 Å². The van der Waals surface area contributed by atoms with Crippen LogP contribution in [-0.4, -0.2) is 30.8 Å². The summed E-state index contributed by atoms with van der Waals surface area (Å²) in [6.45, 7) is 1.60. The number of benzene rings is 1. The maximum Gasteiger partial charge on any atom is 0.137 e. The first-order valence-corrected chi connectivity index (χ1v) is 7.75. The molecule has 5 heteroatoms. The Hall–Kier alpha value is -1.84. The first-order chi connectivity index (χ1) is 10.6. The number of hydrogen-bond donors (Lipinski definition) is 0. The number of halogens is 2. The molecule has 1 aromatic carbocycles. The number of aliphatic imine (C=N–C) groups is 1. The molecular formula is C17H15Cl2N3. The third-order valence-electron chi connectivity index (χ3n) is 3.52. The Morgan fingerprint density at radius 3 is 2.82 bits per heavy atom. The second-order valence-electron chi connectivity index (χ2n) is 5.07. The van der Waals surface area contributed by atoms with Gasteiger partial charge in [-0.3, -0.25) is 4.99 Å². The molecule has 1 aliphatic heterocycles. The van der Waals surface area contributed by atoms with Crippen LogP contribution < -0.4 is 4.90 Å². The zero-order valence-corrected chi connectivity index (χ0v) is 13.6. The van der Waals surface area contributed by atoms with Gasteiger partial charge in [-0.05, 0) is 35.9 Å². The Balaban J connectivity index is 1.94. The average molecular weight is 332 g/mol. The minimum Gasteiger partial charge on any atom is -0.357 e. The summed E-state index contributed by atoms with van der Waals surface area (Å²) in [6.07, 6.45) is 5.79. The average Bonchev–Trinajstić information content (AvgIpc) is 2.68. The van der Waals surface area contributed by atoms with Crippen LogP contribution in [-0.2, 0) is 0 Å². The van der Waals surface area contributed by atoms with Crippen molar-refractivity contribution >= 4 is 40.8 Å². The molecule has 3 nitrogen and oxygen atoms in total. The first kappa shape index (κ1) is 15.1. The molecule has 0 bridgehead atoms. The fourth-order valence-electron chi connectivity index (χ4n) is 2.35. The zero-order chi connectivity index (χ0) is 15.5. The van der Waals surface area contributed by atoms with Crippen LogP contribution in [0.5, 0.6) is 0 Å². The molecule has 2 aromatic rings. The second kappa shape index (κ2) is 6.51. The normalized spacial score (nSPS) is 14.7. The third-order valence-corrected chi connectivity index (χ3v) is 4.26. The van der Waals surface area contributed by atoms with Crippen LogP contribution in [0, 0.1) is 0 Å². The highest BCUT2D eigenvalue weighted by Crippen LogP contribution is 2.24. The highest BCUT2D eigenvalue weighted by atomic mass is 35.5. The number of nitrogens with zero attached hydrogens (tertiary/aromatic N) is 3. The molecule has 112 valence electrons. The molecule has 1 aliphatic rings. The molecule has 0 amide bonds. The van der Waals surface area contributed by atoms with Crippen molar-refractivity contribution < 1.29 is 0 Å².